The second kappa shape index (κ2) is 10.2. The number of nitrogens with zero attached hydrogens (tertiary/aromatic N) is 4. The van der Waals surface area contributed by atoms with Crippen LogP contribution in [0.15, 0.2) is 35.5 Å². The molecule has 1 aliphatic rings. The van der Waals surface area contributed by atoms with Gasteiger partial charge in [-0.25, -0.2) is 9.67 Å². The van der Waals surface area contributed by atoms with Gasteiger partial charge in [-0.3, -0.25) is 4.79 Å². The number of aromatic nitrogens is 2. The van der Waals surface area contributed by atoms with E-state index in [1.165, 1.54) is 18.5 Å². The lowest BCUT2D eigenvalue weighted by molar-refractivity contribution is -0.0497. The fraction of sp³-hybridized carbons (Fsp3) is 0.348. The summed E-state index contributed by atoms with van der Waals surface area (Å²) in [6.07, 6.45) is 5.76. The predicted molar refractivity (Wildman–Crippen MR) is 127 cm³/mol. The molecule has 0 radical (unpaired) electrons. The minimum Gasteiger partial charge on any atom is -0.433 e. The third kappa shape index (κ3) is 5.16. The normalized spacial score (nSPS) is 16.5. The first kappa shape index (κ1) is 24.4. The van der Waals surface area contributed by atoms with Gasteiger partial charge in [0.1, 0.15) is 17.5 Å². The highest BCUT2D eigenvalue weighted by molar-refractivity contribution is 6.36. The molecular weight excluding hydrogens is 489 g/mol. The number of halogens is 4. The number of rotatable bonds is 7. The van der Waals surface area contributed by atoms with Gasteiger partial charge in [0.2, 0.25) is 0 Å². The van der Waals surface area contributed by atoms with Gasteiger partial charge >= 0.3 is 6.61 Å². The van der Waals surface area contributed by atoms with Crippen molar-refractivity contribution < 1.29 is 23.0 Å². The van der Waals surface area contributed by atoms with Crippen LogP contribution in [-0.2, 0) is 4.74 Å². The lowest BCUT2D eigenvalue weighted by atomic mass is 9.98. The largest absolute Gasteiger partial charge is 0.433 e. The summed E-state index contributed by atoms with van der Waals surface area (Å²) >= 11 is 12.5. The topological polar surface area (TPSA) is 69.0 Å². The average Bonchev–Trinajstić information content (AvgIpc) is 3.26. The molecule has 11 heteroatoms. The summed E-state index contributed by atoms with van der Waals surface area (Å²) in [5, 5.41) is 5.36. The van der Waals surface area contributed by atoms with Gasteiger partial charge in [-0.15, -0.1) is 0 Å². The zero-order chi connectivity index (χ0) is 24.4. The van der Waals surface area contributed by atoms with Gasteiger partial charge in [-0.2, -0.15) is 13.9 Å². The predicted octanol–water partition coefficient (Wildman–Crippen LogP) is 6.10. The molecule has 0 aliphatic carbocycles. The molecule has 1 saturated heterocycles. The minimum absolute atomic E-state index is 0.120. The third-order valence-corrected chi connectivity index (χ3v) is 5.88. The van der Waals surface area contributed by atoms with Crippen molar-refractivity contribution in [3.63, 3.8) is 0 Å². The van der Waals surface area contributed by atoms with Crippen LogP contribution < -0.4 is 4.74 Å². The standard InChI is InChI=1S/C23H22Cl2F2N4O3/c1-30(2)12-28-18-10-19(34-23(26)27)17(25)9-14(18)22(32)13-6-7-16(24)21-15(13)11-31(29-21)20-5-3-4-8-33-20/h6-7,9-12,20,23H,3-5,8H2,1-2H3/b28-12+. The molecule has 2 aromatic carbocycles. The average molecular weight is 511 g/mol. The quantitative estimate of drug-likeness (QED) is 0.218. The van der Waals surface area contributed by atoms with Crippen molar-refractivity contribution in [2.45, 2.75) is 32.1 Å². The molecule has 0 N–H and O–H groups in total. The van der Waals surface area contributed by atoms with Crippen molar-refractivity contribution in [2.24, 2.45) is 4.99 Å². The number of ketones is 1. The molecule has 2 heterocycles. The Morgan fingerprint density at radius 2 is 2.06 bits per heavy atom. The van der Waals surface area contributed by atoms with Crippen LogP contribution in [0.5, 0.6) is 5.75 Å². The van der Waals surface area contributed by atoms with Gasteiger partial charge in [0, 0.05) is 43.9 Å². The first-order valence-corrected chi connectivity index (χ1v) is 11.3. The van der Waals surface area contributed by atoms with Gasteiger partial charge < -0.3 is 14.4 Å². The summed E-state index contributed by atoms with van der Waals surface area (Å²) in [5.41, 5.74) is 1.03. The van der Waals surface area contributed by atoms with Crippen molar-refractivity contribution in [3.05, 3.63) is 51.6 Å². The molecule has 34 heavy (non-hydrogen) atoms. The summed E-state index contributed by atoms with van der Waals surface area (Å²) < 4.78 is 37.6. The van der Waals surface area contributed by atoms with Crippen LogP contribution in [0.1, 0.15) is 41.4 Å². The van der Waals surface area contributed by atoms with Crippen molar-refractivity contribution in [1.82, 2.24) is 14.7 Å². The zero-order valence-corrected chi connectivity index (χ0v) is 20.0. The van der Waals surface area contributed by atoms with E-state index in [2.05, 4.69) is 14.8 Å². The Labute approximate surface area is 204 Å². The van der Waals surface area contributed by atoms with E-state index in [4.69, 9.17) is 27.9 Å². The Hall–Kier alpha value is -2.75. The van der Waals surface area contributed by atoms with E-state index in [1.807, 2.05) is 0 Å². The van der Waals surface area contributed by atoms with Crippen LogP contribution in [0, 0.1) is 0 Å². The summed E-state index contributed by atoms with van der Waals surface area (Å²) in [7, 11) is 3.48. The van der Waals surface area contributed by atoms with E-state index in [-0.39, 0.29) is 28.3 Å². The fourth-order valence-corrected chi connectivity index (χ4v) is 4.12. The van der Waals surface area contributed by atoms with Crippen LogP contribution in [0.3, 0.4) is 0 Å². The zero-order valence-electron chi connectivity index (χ0n) is 18.5. The maximum Gasteiger partial charge on any atom is 0.387 e. The van der Waals surface area contributed by atoms with Gasteiger partial charge in [-0.05, 0) is 37.5 Å². The molecule has 1 atom stereocenters. The van der Waals surface area contributed by atoms with E-state index in [9.17, 15) is 13.6 Å². The Bertz CT molecular complexity index is 1240. The number of fused-ring (bicyclic) bond motifs is 1. The number of aliphatic imine (C=N–C) groups is 1. The van der Waals surface area contributed by atoms with Crippen molar-refractivity contribution >= 4 is 51.9 Å². The van der Waals surface area contributed by atoms with Crippen molar-refractivity contribution in [1.29, 1.82) is 0 Å². The number of carbonyl (C=O) groups excluding carboxylic acids is 1. The molecule has 0 bridgehead atoms. The second-order valence-electron chi connectivity index (χ2n) is 8.00. The van der Waals surface area contributed by atoms with Crippen LogP contribution in [0.25, 0.3) is 10.9 Å². The van der Waals surface area contributed by atoms with Gasteiger partial charge in [-0.1, -0.05) is 23.2 Å². The number of alkyl halides is 2. The third-order valence-electron chi connectivity index (χ3n) is 5.28. The Balaban J connectivity index is 1.81. The molecular formula is C23H22Cl2F2N4O3. The molecule has 1 aromatic heterocycles. The van der Waals surface area contributed by atoms with E-state index in [1.54, 1.807) is 42.0 Å². The monoisotopic (exact) mass is 510 g/mol. The maximum atomic E-state index is 13.7. The molecule has 7 nitrogen and oxygen atoms in total. The minimum atomic E-state index is -3.08. The number of hydrogen-bond donors (Lipinski definition) is 0. The Morgan fingerprint density at radius 3 is 2.74 bits per heavy atom. The Morgan fingerprint density at radius 1 is 1.26 bits per heavy atom. The molecule has 0 saturated carbocycles. The van der Waals surface area contributed by atoms with Gasteiger partial charge in [0.05, 0.1) is 27.6 Å². The van der Waals surface area contributed by atoms with Crippen LogP contribution in [0.2, 0.25) is 10.0 Å². The first-order chi connectivity index (χ1) is 16.2. The summed E-state index contributed by atoms with van der Waals surface area (Å²) in [6.45, 7) is -2.44. The highest BCUT2D eigenvalue weighted by atomic mass is 35.5. The lowest BCUT2D eigenvalue weighted by Crippen LogP contribution is -2.18. The van der Waals surface area contributed by atoms with E-state index < -0.39 is 12.4 Å². The summed E-state index contributed by atoms with van der Waals surface area (Å²) in [4.78, 5) is 19.6. The molecule has 0 amide bonds. The fourth-order valence-electron chi connectivity index (χ4n) is 3.71. The van der Waals surface area contributed by atoms with E-state index >= 15 is 0 Å². The molecule has 0 spiro atoms. The molecule has 1 unspecified atom stereocenters. The number of ether oxygens (including phenoxy) is 2. The first-order valence-electron chi connectivity index (χ1n) is 10.6. The van der Waals surface area contributed by atoms with E-state index in [0.29, 0.717) is 28.1 Å². The van der Waals surface area contributed by atoms with Gasteiger partial charge in [0.25, 0.3) is 0 Å². The van der Waals surface area contributed by atoms with Crippen molar-refractivity contribution in [3.8, 4) is 5.75 Å². The van der Waals surface area contributed by atoms with Crippen LogP contribution in [-0.4, -0.2) is 54.1 Å². The molecule has 1 aliphatic heterocycles. The van der Waals surface area contributed by atoms with Gasteiger partial charge in [0.15, 0.2) is 5.78 Å². The van der Waals surface area contributed by atoms with Crippen LogP contribution in [0.4, 0.5) is 14.5 Å². The smallest absolute Gasteiger partial charge is 0.387 e. The number of benzene rings is 2. The second-order valence-corrected chi connectivity index (χ2v) is 8.82. The molecule has 4 rings (SSSR count). The summed E-state index contributed by atoms with van der Waals surface area (Å²) in [5.74, 6) is -0.690. The molecule has 1 fully saturated rings. The van der Waals surface area contributed by atoms with Crippen molar-refractivity contribution in [2.75, 3.05) is 20.7 Å². The van der Waals surface area contributed by atoms with E-state index in [0.717, 1.165) is 19.3 Å². The molecule has 3 aromatic rings. The van der Waals surface area contributed by atoms with Crippen LogP contribution >= 0.6 is 23.2 Å². The Kier molecular flexibility index (Phi) is 7.35. The maximum absolute atomic E-state index is 13.7. The lowest BCUT2D eigenvalue weighted by Gasteiger charge is -2.22. The molecule has 180 valence electrons. The summed E-state index contributed by atoms with van der Waals surface area (Å²) in [6, 6.07) is 5.68. The number of hydrogen-bond acceptors (Lipinski definition) is 5. The number of carbonyl (C=O) groups is 1. The highest BCUT2D eigenvalue weighted by Gasteiger charge is 2.24. The SMILES string of the molecule is CN(C)/C=N/c1cc(OC(F)F)c(Cl)cc1C(=O)c1ccc(Cl)c2nn(C3CCCCO3)cc12. The highest BCUT2D eigenvalue weighted by Crippen LogP contribution is 2.37.